The number of Topliss-reactive ketones (excluding diaryl/α,β-unsaturated/α-hetero) is 1. The summed E-state index contributed by atoms with van der Waals surface area (Å²) in [7, 11) is 0. The van der Waals surface area contributed by atoms with Crippen LogP contribution in [0.15, 0.2) is 40.6 Å². The van der Waals surface area contributed by atoms with Crippen LogP contribution in [0.4, 0.5) is 0 Å². The Hall–Kier alpha value is -2.38. The van der Waals surface area contributed by atoms with Crippen LogP contribution < -0.4 is 4.74 Å². The predicted octanol–water partition coefficient (Wildman–Crippen LogP) is 7.41. The van der Waals surface area contributed by atoms with E-state index in [0.29, 0.717) is 22.3 Å². The van der Waals surface area contributed by atoms with Gasteiger partial charge in [0.05, 0.1) is 26.5 Å². The molecule has 2 aromatic rings. The Balaban J connectivity index is 1.78. The summed E-state index contributed by atoms with van der Waals surface area (Å²) in [5.41, 5.74) is 0.244. The molecule has 5 rings (SSSR count). The molecule has 37 heavy (non-hydrogen) atoms. The number of hydrogen-bond donors (Lipinski definition) is 2. The Morgan fingerprint density at radius 1 is 1.05 bits per heavy atom. The van der Waals surface area contributed by atoms with Crippen LogP contribution in [-0.4, -0.2) is 28.1 Å². The van der Waals surface area contributed by atoms with Crippen molar-refractivity contribution in [2.45, 2.75) is 45.3 Å². The molecule has 1 spiro atoms. The summed E-state index contributed by atoms with van der Waals surface area (Å²) in [5.74, 6) is -1.72. The molecule has 0 aromatic heterocycles. The van der Waals surface area contributed by atoms with Crippen molar-refractivity contribution in [3.05, 3.63) is 78.0 Å². The van der Waals surface area contributed by atoms with Gasteiger partial charge in [-0.15, -0.1) is 0 Å². The number of aromatic hydroxyl groups is 1. The van der Waals surface area contributed by atoms with Crippen molar-refractivity contribution >= 4 is 58.2 Å². The molecular formula is C27H22Cl4O6. The van der Waals surface area contributed by atoms with E-state index in [1.165, 1.54) is 12.1 Å². The van der Waals surface area contributed by atoms with E-state index in [0.717, 1.165) is 0 Å². The van der Waals surface area contributed by atoms with Gasteiger partial charge in [0.1, 0.15) is 34.2 Å². The number of carbonyl (C=O) groups excluding carboxylic acids is 2. The molecule has 0 bridgehead atoms. The van der Waals surface area contributed by atoms with Gasteiger partial charge in [-0.1, -0.05) is 66.3 Å². The Kier molecular flexibility index (Phi) is 6.47. The first kappa shape index (κ1) is 26.2. The lowest BCUT2D eigenvalue weighted by molar-refractivity contribution is -0.121. The fraction of sp³-hybridized carbons (Fsp3) is 0.333. The SMILES string of the molecule is Cc1c(O)c(Cl)cc2c1OC1C(Cl)=C(O)C(CCC(=O)C(C)C)=CC1C21OC(=O)c2cc(Cl)c(Cl)cc21. The first-order valence-corrected chi connectivity index (χ1v) is 13.1. The number of phenolic OH excluding ortho intramolecular Hbond substituents is 1. The van der Waals surface area contributed by atoms with Crippen LogP contribution >= 0.6 is 46.4 Å². The molecule has 3 atom stereocenters. The molecule has 0 fully saturated rings. The number of benzene rings is 2. The molecule has 2 N–H and O–H groups in total. The van der Waals surface area contributed by atoms with E-state index >= 15 is 0 Å². The van der Waals surface area contributed by atoms with E-state index in [1.54, 1.807) is 19.1 Å². The van der Waals surface area contributed by atoms with Crippen LogP contribution in [0.2, 0.25) is 15.1 Å². The zero-order valence-electron chi connectivity index (χ0n) is 20.0. The number of rotatable bonds is 4. The Bertz CT molecular complexity index is 1440. The monoisotopic (exact) mass is 582 g/mol. The number of aliphatic hydroxyl groups excluding tert-OH is 1. The third-order valence-corrected chi connectivity index (χ3v) is 8.66. The largest absolute Gasteiger partial charge is 0.506 e. The summed E-state index contributed by atoms with van der Waals surface area (Å²) < 4.78 is 12.4. The van der Waals surface area contributed by atoms with E-state index in [9.17, 15) is 19.8 Å². The highest BCUT2D eigenvalue weighted by Gasteiger charge is 2.61. The molecule has 194 valence electrons. The fourth-order valence-corrected chi connectivity index (χ4v) is 6.12. The Labute approximate surface area is 233 Å². The van der Waals surface area contributed by atoms with Gasteiger partial charge in [-0.05, 0) is 37.1 Å². The topological polar surface area (TPSA) is 93.1 Å². The molecular weight excluding hydrogens is 562 g/mol. The number of esters is 1. The van der Waals surface area contributed by atoms with Crippen molar-refractivity contribution in [1.82, 2.24) is 0 Å². The van der Waals surface area contributed by atoms with Gasteiger partial charge in [-0.25, -0.2) is 4.79 Å². The van der Waals surface area contributed by atoms with Gasteiger partial charge in [0, 0.05) is 29.0 Å². The van der Waals surface area contributed by atoms with Crippen molar-refractivity contribution in [2.24, 2.45) is 11.8 Å². The molecule has 3 unspecified atom stereocenters. The lowest BCUT2D eigenvalue weighted by Gasteiger charge is -2.47. The predicted molar refractivity (Wildman–Crippen MR) is 141 cm³/mol. The molecule has 0 saturated carbocycles. The number of aliphatic hydroxyl groups is 1. The molecule has 1 aliphatic carbocycles. The standard InChI is InChI=1S/C27H22Cl4O6/c1-10(2)20(32)5-4-12-6-15-25(21(31)23(12)34)36-24-11(3)22(33)19(30)9-16(24)27(15)14-8-18(29)17(28)7-13(14)26(35)37-27/h6-10,15,25,33-34H,4-5H2,1-3H3. The smallest absolute Gasteiger partial charge is 0.339 e. The number of phenols is 1. The van der Waals surface area contributed by atoms with Gasteiger partial charge in [0.25, 0.3) is 0 Å². The van der Waals surface area contributed by atoms with Crippen molar-refractivity contribution in [1.29, 1.82) is 0 Å². The van der Waals surface area contributed by atoms with E-state index in [-0.39, 0.29) is 67.5 Å². The van der Waals surface area contributed by atoms with Gasteiger partial charge < -0.3 is 19.7 Å². The first-order chi connectivity index (χ1) is 17.4. The highest BCUT2D eigenvalue weighted by atomic mass is 35.5. The maximum Gasteiger partial charge on any atom is 0.339 e. The maximum absolute atomic E-state index is 13.2. The lowest BCUT2D eigenvalue weighted by Crippen LogP contribution is -2.50. The Morgan fingerprint density at radius 3 is 2.38 bits per heavy atom. The number of ether oxygens (including phenoxy) is 2. The molecule has 0 amide bonds. The number of halogens is 4. The maximum atomic E-state index is 13.2. The van der Waals surface area contributed by atoms with Gasteiger partial charge >= 0.3 is 5.97 Å². The number of hydrogen-bond acceptors (Lipinski definition) is 6. The quantitative estimate of drug-likeness (QED) is 0.364. The summed E-state index contributed by atoms with van der Waals surface area (Å²) in [4.78, 5) is 25.6. The van der Waals surface area contributed by atoms with E-state index < -0.39 is 23.6 Å². The summed E-state index contributed by atoms with van der Waals surface area (Å²) in [5, 5.41) is 21.9. The highest BCUT2D eigenvalue weighted by Crippen LogP contribution is 2.60. The molecule has 0 radical (unpaired) electrons. The molecule has 2 aromatic carbocycles. The van der Waals surface area contributed by atoms with Crippen LogP contribution in [0.5, 0.6) is 11.5 Å². The number of allylic oxidation sites excluding steroid dienone is 1. The van der Waals surface area contributed by atoms with E-state index in [1.807, 2.05) is 13.8 Å². The molecule has 3 aliphatic rings. The highest BCUT2D eigenvalue weighted by molar-refractivity contribution is 6.42. The van der Waals surface area contributed by atoms with E-state index in [2.05, 4.69) is 0 Å². The molecule has 2 aliphatic heterocycles. The normalized spacial score (nSPS) is 23.9. The fourth-order valence-electron chi connectivity index (χ4n) is 5.24. The number of ketones is 1. The third-order valence-electron chi connectivity index (χ3n) is 7.26. The summed E-state index contributed by atoms with van der Waals surface area (Å²) in [6, 6.07) is 4.50. The minimum Gasteiger partial charge on any atom is -0.506 e. The van der Waals surface area contributed by atoms with Crippen molar-refractivity contribution in [2.75, 3.05) is 0 Å². The first-order valence-electron chi connectivity index (χ1n) is 11.6. The van der Waals surface area contributed by atoms with Crippen LogP contribution in [0.3, 0.4) is 0 Å². The Morgan fingerprint density at radius 2 is 1.70 bits per heavy atom. The van der Waals surface area contributed by atoms with Crippen molar-refractivity contribution in [3.63, 3.8) is 0 Å². The minimum atomic E-state index is -1.52. The number of carbonyl (C=O) groups is 2. The molecule has 6 nitrogen and oxygen atoms in total. The second-order valence-electron chi connectivity index (χ2n) is 9.72. The average Bonchev–Trinajstić information content (AvgIpc) is 3.12. The van der Waals surface area contributed by atoms with Crippen molar-refractivity contribution < 1.29 is 29.3 Å². The number of fused-ring (bicyclic) bond motifs is 6. The second-order valence-corrected chi connectivity index (χ2v) is 11.3. The van der Waals surface area contributed by atoms with E-state index in [4.69, 9.17) is 55.9 Å². The minimum absolute atomic E-state index is 0.0112. The van der Waals surface area contributed by atoms with Gasteiger partial charge in [-0.2, -0.15) is 0 Å². The molecule has 10 heteroatoms. The summed E-state index contributed by atoms with van der Waals surface area (Å²) >= 11 is 25.7. The zero-order chi connectivity index (χ0) is 27.0. The van der Waals surface area contributed by atoms with Gasteiger partial charge in [0.2, 0.25) is 0 Å². The average molecular weight is 584 g/mol. The van der Waals surface area contributed by atoms with Crippen molar-refractivity contribution in [3.8, 4) is 11.5 Å². The van der Waals surface area contributed by atoms with Crippen LogP contribution in [-0.2, 0) is 15.1 Å². The van der Waals surface area contributed by atoms with Crippen LogP contribution in [0, 0.1) is 18.8 Å². The summed E-state index contributed by atoms with van der Waals surface area (Å²) in [6.45, 7) is 5.23. The molecule has 2 heterocycles. The van der Waals surface area contributed by atoms with Gasteiger partial charge in [-0.3, -0.25) is 4.79 Å². The van der Waals surface area contributed by atoms with Crippen LogP contribution in [0.25, 0.3) is 0 Å². The van der Waals surface area contributed by atoms with Gasteiger partial charge in [0.15, 0.2) is 5.60 Å². The second kappa shape index (κ2) is 9.12. The lowest BCUT2D eigenvalue weighted by atomic mass is 9.68. The third kappa shape index (κ3) is 3.84. The van der Waals surface area contributed by atoms with Crippen LogP contribution in [0.1, 0.15) is 53.7 Å². The molecule has 0 saturated heterocycles. The zero-order valence-corrected chi connectivity index (χ0v) is 23.0. The summed E-state index contributed by atoms with van der Waals surface area (Å²) in [6.07, 6.45) is 1.16.